The summed E-state index contributed by atoms with van der Waals surface area (Å²) in [5, 5.41) is 5.99. The van der Waals surface area contributed by atoms with Gasteiger partial charge in [0.25, 0.3) is 0 Å². The van der Waals surface area contributed by atoms with Gasteiger partial charge in [0.2, 0.25) is 11.8 Å². The van der Waals surface area contributed by atoms with Crippen LogP contribution in [-0.4, -0.2) is 36.3 Å². The molecule has 31 heavy (non-hydrogen) atoms. The van der Waals surface area contributed by atoms with Crippen molar-refractivity contribution in [2.75, 3.05) is 17.7 Å². The Hall–Kier alpha value is -2.31. The Labute approximate surface area is 190 Å². The summed E-state index contributed by atoms with van der Waals surface area (Å²) in [5.41, 5.74) is 1.13. The Kier molecular flexibility index (Phi) is 8.55. The third kappa shape index (κ3) is 6.34. The minimum absolute atomic E-state index is 0.0957. The van der Waals surface area contributed by atoms with Gasteiger partial charge in [-0.3, -0.25) is 9.59 Å². The van der Waals surface area contributed by atoms with Gasteiger partial charge in [-0.25, -0.2) is 0 Å². The van der Waals surface area contributed by atoms with Gasteiger partial charge in [-0.2, -0.15) is 12.6 Å². The molecule has 1 aliphatic carbocycles. The Morgan fingerprint density at radius 1 is 1.06 bits per heavy atom. The van der Waals surface area contributed by atoms with E-state index >= 15 is 0 Å². The second-order valence-corrected chi connectivity index (χ2v) is 8.48. The first-order chi connectivity index (χ1) is 15.1. The summed E-state index contributed by atoms with van der Waals surface area (Å²) in [5.74, 6) is 0.137. The van der Waals surface area contributed by atoms with Crippen LogP contribution in [0.1, 0.15) is 38.2 Å². The van der Waals surface area contributed by atoms with Gasteiger partial charge in [0.05, 0.1) is 11.5 Å². The number of anilines is 1. The Morgan fingerprint density at radius 2 is 1.68 bits per heavy atom. The molecule has 2 aromatic carbocycles. The van der Waals surface area contributed by atoms with Gasteiger partial charge in [0, 0.05) is 24.5 Å². The Bertz CT molecular complexity index is 836. The molecule has 0 aliphatic heterocycles. The summed E-state index contributed by atoms with van der Waals surface area (Å²) >= 11 is 4.52. The van der Waals surface area contributed by atoms with Crippen LogP contribution in [0.4, 0.5) is 5.69 Å². The SMILES string of the molecule is CCOC1CCC(CS)(C(=O)N[C@@H](Cc2ccccc2)C(=O)Nc2ccccc2)CC1. The highest BCUT2D eigenvalue weighted by Gasteiger charge is 2.42. The fourth-order valence-electron chi connectivity index (χ4n) is 4.12. The molecule has 6 heteroatoms. The summed E-state index contributed by atoms with van der Waals surface area (Å²) < 4.78 is 5.74. The fourth-order valence-corrected chi connectivity index (χ4v) is 4.58. The lowest BCUT2D eigenvalue weighted by Gasteiger charge is -2.38. The number of carbonyl (C=O) groups excluding carboxylic acids is 2. The molecule has 166 valence electrons. The van der Waals surface area contributed by atoms with E-state index in [-0.39, 0.29) is 17.9 Å². The highest BCUT2D eigenvalue weighted by atomic mass is 32.1. The summed E-state index contributed by atoms with van der Waals surface area (Å²) in [6.07, 6.45) is 3.72. The standard InChI is InChI=1S/C25H32N2O3S/c1-2-30-21-13-15-25(18-31,16-14-21)24(29)27-22(17-19-9-5-3-6-10-19)23(28)26-20-11-7-4-8-12-20/h3-12,21-22,31H,2,13-18H2,1H3,(H,26,28)(H,27,29)/t21?,22-,25?/m0/s1. The van der Waals surface area contributed by atoms with Crippen molar-refractivity contribution < 1.29 is 14.3 Å². The van der Waals surface area contributed by atoms with Gasteiger partial charge in [-0.1, -0.05) is 48.5 Å². The zero-order chi connectivity index (χ0) is 22.1. The Balaban J connectivity index is 1.73. The zero-order valence-corrected chi connectivity index (χ0v) is 18.9. The average molecular weight is 441 g/mol. The van der Waals surface area contributed by atoms with Crippen LogP contribution in [0.2, 0.25) is 0 Å². The molecular formula is C25H32N2O3S. The molecule has 2 amide bonds. The number of thiol groups is 1. The first-order valence-electron chi connectivity index (χ1n) is 11.0. The van der Waals surface area contributed by atoms with Gasteiger partial charge < -0.3 is 15.4 Å². The maximum atomic E-state index is 13.4. The molecule has 0 unspecified atom stereocenters. The van der Waals surface area contributed by atoms with Crippen LogP contribution < -0.4 is 10.6 Å². The minimum Gasteiger partial charge on any atom is -0.379 e. The van der Waals surface area contributed by atoms with Crippen molar-refractivity contribution in [1.82, 2.24) is 5.32 Å². The first-order valence-corrected chi connectivity index (χ1v) is 11.6. The largest absolute Gasteiger partial charge is 0.379 e. The fraction of sp³-hybridized carbons (Fsp3) is 0.440. The van der Waals surface area contributed by atoms with Crippen LogP contribution in [0.5, 0.6) is 0 Å². The predicted molar refractivity (Wildman–Crippen MR) is 127 cm³/mol. The van der Waals surface area contributed by atoms with Crippen molar-refractivity contribution in [3.8, 4) is 0 Å². The zero-order valence-electron chi connectivity index (χ0n) is 18.0. The summed E-state index contributed by atoms with van der Waals surface area (Å²) in [4.78, 5) is 26.5. The molecular weight excluding hydrogens is 408 g/mol. The first kappa shape index (κ1) is 23.4. The lowest BCUT2D eigenvalue weighted by molar-refractivity contribution is -0.136. The van der Waals surface area contributed by atoms with Crippen molar-refractivity contribution >= 4 is 30.1 Å². The van der Waals surface area contributed by atoms with E-state index < -0.39 is 11.5 Å². The van der Waals surface area contributed by atoms with E-state index in [2.05, 4.69) is 23.3 Å². The molecule has 0 aromatic heterocycles. The van der Waals surface area contributed by atoms with Crippen molar-refractivity contribution in [2.24, 2.45) is 5.41 Å². The van der Waals surface area contributed by atoms with Gasteiger partial charge in [0.15, 0.2) is 0 Å². The molecule has 5 nitrogen and oxygen atoms in total. The van der Waals surface area contributed by atoms with Gasteiger partial charge >= 0.3 is 0 Å². The molecule has 2 N–H and O–H groups in total. The van der Waals surface area contributed by atoms with E-state index in [1.165, 1.54) is 0 Å². The van der Waals surface area contributed by atoms with Crippen molar-refractivity contribution in [3.05, 3.63) is 66.2 Å². The average Bonchev–Trinajstić information content (AvgIpc) is 2.81. The number of hydrogen-bond acceptors (Lipinski definition) is 4. The number of nitrogens with one attached hydrogen (secondary N) is 2. The third-order valence-corrected chi connectivity index (χ3v) is 6.63. The van der Waals surface area contributed by atoms with E-state index in [1.807, 2.05) is 67.6 Å². The molecule has 0 spiro atoms. The number of carbonyl (C=O) groups is 2. The van der Waals surface area contributed by atoms with Crippen molar-refractivity contribution in [2.45, 2.75) is 51.2 Å². The molecule has 2 aromatic rings. The van der Waals surface area contributed by atoms with E-state index in [0.29, 0.717) is 37.3 Å². The van der Waals surface area contributed by atoms with E-state index in [0.717, 1.165) is 18.4 Å². The number of amides is 2. The molecule has 0 saturated heterocycles. The molecule has 1 fully saturated rings. The van der Waals surface area contributed by atoms with Crippen LogP contribution in [0.25, 0.3) is 0 Å². The molecule has 1 aliphatic rings. The maximum absolute atomic E-state index is 13.4. The van der Waals surface area contributed by atoms with Crippen molar-refractivity contribution in [3.63, 3.8) is 0 Å². The second-order valence-electron chi connectivity index (χ2n) is 8.16. The number of para-hydroxylation sites is 1. The van der Waals surface area contributed by atoms with Gasteiger partial charge in [-0.15, -0.1) is 0 Å². The lowest BCUT2D eigenvalue weighted by Crippen LogP contribution is -2.53. The molecule has 0 bridgehead atoms. The number of benzene rings is 2. The number of ether oxygens (including phenoxy) is 1. The predicted octanol–water partition coefficient (Wildman–Crippen LogP) is 4.25. The van der Waals surface area contributed by atoms with E-state index in [9.17, 15) is 9.59 Å². The highest BCUT2D eigenvalue weighted by Crippen LogP contribution is 2.39. The number of hydrogen-bond donors (Lipinski definition) is 3. The van der Waals surface area contributed by atoms with Crippen LogP contribution in [-0.2, 0) is 20.7 Å². The maximum Gasteiger partial charge on any atom is 0.247 e. The summed E-state index contributed by atoms with van der Waals surface area (Å²) in [6.45, 7) is 2.68. The van der Waals surface area contributed by atoms with Crippen LogP contribution >= 0.6 is 12.6 Å². The van der Waals surface area contributed by atoms with Gasteiger partial charge in [0.1, 0.15) is 6.04 Å². The minimum atomic E-state index is -0.670. The second kappa shape index (κ2) is 11.3. The molecule has 1 atom stereocenters. The Morgan fingerprint density at radius 3 is 2.26 bits per heavy atom. The quantitative estimate of drug-likeness (QED) is 0.511. The summed E-state index contributed by atoms with van der Waals surface area (Å²) in [6, 6.07) is 18.4. The normalized spacial score (nSPS) is 21.8. The van der Waals surface area contributed by atoms with Gasteiger partial charge in [-0.05, 0) is 50.3 Å². The van der Waals surface area contributed by atoms with E-state index in [4.69, 9.17) is 4.74 Å². The third-order valence-electron chi connectivity index (χ3n) is 6.02. The highest BCUT2D eigenvalue weighted by molar-refractivity contribution is 7.80. The van der Waals surface area contributed by atoms with Crippen LogP contribution in [0.3, 0.4) is 0 Å². The van der Waals surface area contributed by atoms with Crippen molar-refractivity contribution in [1.29, 1.82) is 0 Å². The number of rotatable bonds is 9. The van der Waals surface area contributed by atoms with E-state index in [1.54, 1.807) is 0 Å². The molecule has 0 heterocycles. The topological polar surface area (TPSA) is 67.4 Å². The summed E-state index contributed by atoms with van der Waals surface area (Å²) in [7, 11) is 0. The lowest BCUT2D eigenvalue weighted by atomic mass is 9.73. The molecule has 3 rings (SSSR count). The molecule has 0 radical (unpaired) electrons. The van der Waals surface area contributed by atoms with Crippen LogP contribution in [0, 0.1) is 5.41 Å². The monoisotopic (exact) mass is 440 g/mol. The smallest absolute Gasteiger partial charge is 0.247 e. The molecule has 1 saturated carbocycles. The van der Waals surface area contributed by atoms with Crippen LogP contribution in [0.15, 0.2) is 60.7 Å².